The smallest absolute Gasteiger partial charge is 0.0110 e. The largest absolute Gasteiger partial charge is 0.314 e. The van der Waals surface area contributed by atoms with Gasteiger partial charge in [0.1, 0.15) is 0 Å². The Labute approximate surface area is 111 Å². The van der Waals surface area contributed by atoms with Crippen LogP contribution in [0.3, 0.4) is 0 Å². The zero-order valence-electron chi connectivity index (χ0n) is 11.9. The van der Waals surface area contributed by atoms with E-state index in [1.54, 1.807) is 0 Å². The van der Waals surface area contributed by atoms with E-state index in [9.17, 15) is 0 Å². The Morgan fingerprint density at radius 3 is 2.22 bits per heavy atom. The van der Waals surface area contributed by atoms with Gasteiger partial charge in [-0.15, -0.1) is 0 Å². The maximum Gasteiger partial charge on any atom is 0.0110 e. The molecule has 1 aromatic rings. The average Bonchev–Trinajstić information content (AvgIpc) is 2.40. The first kappa shape index (κ1) is 13.6. The minimum Gasteiger partial charge on any atom is -0.314 e. The van der Waals surface area contributed by atoms with E-state index in [-0.39, 0.29) is 0 Å². The molecule has 1 aromatic carbocycles. The van der Waals surface area contributed by atoms with Crippen molar-refractivity contribution in [3.05, 3.63) is 35.4 Å². The minimum atomic E-state index is 0.629. The van der Waals surface area contributed by atoms with Gasteiger partial charge in [-0.2, -0.15) is 0 Å². The molecule has 1 aliphatic rings. The fraction of sp³-hybridized carbons (Fsp3) is 0.625. The van der Waals surface area contributed by atoms with Crippen LogP contribution in [-0.4, -0.2) is 37.1 Å². The molecule has 0 amide bonds. The molecule has 1 aliphatic heterocycles. The Kier molecular flexibility index (Phi) is 4.79. The van der Waals surface area contributed by atoms with Gasteiger partial charge in [0, 0.05) is 32.2 Å². The first-order valence-corrected chi connectivity index (χ1v) is 7.20. The molecule has 1 fully saturated rings. The SMILES string of the molecule is CC(C)c1ccc(CC(C)N2CCNCC2)cc1. The number of nitrogens with one attached hydrogen (secondary N) is 1. The molecule has 1 saturated heterocycles. The fourth-order valence-corrected chi connectivity index (χ4v) is 2.63. The summed E-state index contributed by atoms with van der Waals surface area (Å²) in [6, 6.07) is 9.81. The molecular formula is C16H26N2. The van der Waals surface area contributed by atoms with Gasteiger partial charge in [0.15, 0.2) is 0 Å². The van der Waals surface area contributed by atoms with Crippen LogP contribution in [0, 0.1) is 0 Å². The Morgan fingerprint density at radius 2 is 1.67 bits per heavy atom. The molecule has 0 spiro atoms. The highest BCUT2D eigenvalue weighted by atomic mass is 15.2. The van der Waals surface area contributed by atoms with E-state index >= 15 is 0 Å². The van der Waals surface area contributed by atoms with Gasteiger partial charge in [-0.25, -0.2) is 0 Å². The number of piperazine rings is 1. The van der Waals surface area contributed by atoms with Crippen molar-refractivity contribution in [3.8, 4) is 0 Å². The predicted molar refractivity (Wildman–Crippen MR) is 78.1 cm³/mol. The van der Waals surface area contributed by atoms with Gasteiger partial charge in [-0.1, -0.05) is 38.1 Å². The van der Waals surface area contributed by atoms with Gasteiger partial charge < -0.3 is 5.32 Å². The lowest BCUT2D eigenvalue weighted by Gasteiger charge is -2.32. The molecule has 0 saturated carbocycles. The Morgan fingerprint density at radius 1 is 1.06 bits per heavy atom. The van der Waals surface area contributed by atoms with Crippen molar-refractivity contribution >= 4 is 0 Å². The van der Waals surface area contributed by atoms with Crippen molar-refractivity contribution in [3.63, 3.8) is 0 Å². The highest BCUT2D eigenvalue weighted by Crippen LogP contribution is 2.16. The summed E-state index contributed by atoms with van der Waals surface area (Å²) < 4.78 is 0. The normalized spacial score (nSPS) is 19.1. The molecule has 0 radical (unpaired) electrons. The summed E-state index contributed by atoms with van der Waals surface area (Å²) in [6.45, 7) is 11.5. The predicted octanol–water partition coefficient (Wildman–Crippen LogP) is 2.65. The molecule has 100 valence electrons. The van der Waals surface area contributed by atoms with E-state index in [4.69, 9.17) is 0 Å². The molecule has 1 atom stereocenters. The van der Waals surface area contributed by atoms with Gasteiger partial charge in [0.25, 0.3) is 0 Å². The van der Waals surface area contributed by atoms with E-state index in [0.29, 0.717) is 12.0 Å². The summed E-state index contributed by atoms with van der Waals surface area (Å²) in [6.07, 6.45) is 1.17. The van der Waals surface area contributed by atoms with Gasteiger partial charge in [0.05, 0.1) is 0 Å². The highest BCUT2D eigenvalue weighted by Gasteiger charge is 2.16. The van der Waals surface area contributed by atoms with E-state index in [1.165, 1.54) is 30.6 Å². The Bertz CT molecular complexity index is 350. The summed E-state index contributed by atoms with van der Waals surface area (Å²) in [7, 11) is 0. The number of benzene rings is 1. The molecule has 1 N–H and O–H groups in total. The first-order valence-electron chi connectivity index (χ1n) is 7.20. The van der Waals surface area contributed by atoms with Crippen LogP contribution in [0.15, 0.2) is 24.3 Å². The summed E-state index contributed by atoms with van der Waals surface area (Å²) in [5.74, 6) is 0.629. The van der Waals surface area contributed by atoms with Crippen LogP contribution >= 0.6 is 0 Å². The van der Waals surface area contributed by atoms with Crippen LogP contribution in [0.1, 0.15) is 37.8 Å². The topological polar surface area (TPSA) is 15.3 Å². The third-order valence-corrected chi connectivity index (χ3v) is 3.95. The molecule has 2 heteroatoms. The Balaban J connectivity index is 1.91. The van der Waals surface area contributed by atoms with Gasteiger partial charge in [0.2, 0.25) is 0 Å². The molecule has 1 heterocycles. The van der Waals surface area contributed by atoms with Crippen molar-refractivity contribution in [2.45, 2.75) is 39.2 Å². The van der Waals surface area contributed by atoms with Crippen LogP contribution in [0.4, 0.5) is 0 Å². The quantitative estimate of drug-likeness (QED) is 0.878. The number of hydrogen-bond donors (Lipinski definition) is 1. The van der Waals surface area contributed by atoms with Crippen LogP contribution in [-0.2, 0) is 6.42 Å². The summed E-state index contributed by atoms with van der Waals surface area (Å²) in [5, 5.41) is 3.41. The molecule has 0 aliphatic carbocycles. The molecule has 2 nitrogen and oxygen atoms in total. The van der Waals surface area contributed by atoms with E-state index in [1.807, 2.05) is 0 Å². The summed E-state index contributed by atoms with van der Waals surface area (Å²) >= 11 is 0. The second-order valence-electron chi connectivity index (χ2n) is 5.74. The van der Waals surface area contributed by atoms with Crippen molar-refractivity contribution in [1.82, 2.24) is 10.2 Å². The summed E-state index contributed by atoms with van der Waals surface area (Å²) in [5.41, 5.74) is 2.90. The first-order chi connectivity index (χ1) is 8.66. The lowest BCUT2D eigenvalue weighted by Crippen LogP contribution is -2.48. The number of hydrogen-bond acceptors (Lipinski definition) is 2. The monoisotopic (exact) mass is 246 g/mol. The lowest BCUT2D eigenvalue weighted by molar-refractivity contribution is 0.183. The van der Waals surface area contributed by atoms with Gasteiger partial charge in [-0.3, -0.25) is 4.90 Å². The zero-order chi connectivity index (χ0) is 13.0. The van der Waals surface area contributed by atoms with Gasteiger partial charge in [-0.05, 0) is 30.4 Å². The lowest BCUT2D eigenvalue weighted by atomic mass is 9.99. The fourth-order valence-electron chi connectivity index (χ4n) is 2.63. The van der Waals surface area contributed by atoms with E-state index < -0.39 is 0 Å². The second kappa shape index (κ2) is 6.35. The third-order valence-electron chi connectivity index (χ3n) is 3.95. The standard InChI is InChI=1S/C16H26N2/c1-13(2)16-6-4-15(5-7-16)12-14(3)18-10-8-17-9-11-18/h4-7,13-14,17H,8-12H2,1-3H3. The molecule has 0 aromatic heterocycles. The third kappa shape index (κ3) is 3.56. The van der Waals surface area contributed by atoms with Crippen molar-refractivity contribution in [2.75, 3.05) is 26.2 Å². The molecule has 18 heavy (non-hydrogen) atoms. The molecule has 2 rings (SSSR count). The van der Waals surface area contributed by atoms with E-state index in [2.05, 4.69) is 55.3 Å². The van der Waals surface area contributed by atoms with Crippen molar-refractivity contribution in [2.24, 2.45) is 0 Å². The minimum absolute atomic E-state index is 0.629. The van der Waals surface area contributed by atoms with E-state index in [0.717, 1.165) is 13.1 Å². The number of rotatable bonds is 4. The second-order valence-corrected chi connectivity index (χ2v) is 5.74. The zero-order valence-corrected chi connectivity index (χ0v) is 11.9. The van der Waals surface area contributed by atoms with Crippen LogP contribution in [0.25, 0.3) is 0 Å². The maximum absolute atomic E-state index is 3.41. The van der Waals surface area contributed by atoms with Crippen molar-refractivity contribution in [1.29, 1.82) is 0 Å². The highest BCUT2D eigenvalue weighted by molar-refractivity contribution is 5.25. The summed E-state index contributed by atoms with van der Waals surface area (Å²) in [4.78, 5) is 2.59. The van der Waals surface area contributed by atoms with Crippen molar-refractivity contribution < 1.29 is 0 Å². The number of nitrogens with zero attached hydrogens (tertiary/aromatic N) is 1. The molecular weight excluding hydrogens is 220 g/mol. The van der Waals surface area contributed by atoms with Gasteiger partial charge >= 0.3 is 0 Å². The Hall–Kier alpha value is -0.860. The van der Waals surface area contributed by atoms with Crippen LogP contribution < -0.4 is 5.32 Å². The molecule has 0 bridgehead atoms. The average molecular weight is 246 g/mol. The van der Waals surface area contributed by atoms with Crippen LogP contribution in [0.2, 0.25) is 0 Å². The van der Waals surface area contributed by atoms with Crippen LogP contribution in [0.5, 0.6) is 0 Å². The molecule has 1 unspecified atom stereocenters. The maximum atomic E-state index is 3.41.